The Labute approximate surface area is 194 Å². The van der Waals surface area contributed by atoms with Gasteiger partial charge in [-0.2, -0.15) is 4.31 Å². The number of carbonyl (C=O) groups excluding carboxylic acids is 1. The van der Waals surface area contributed by atoms with Gasteiger partial charge in [0.1, 0.15) is 10.8 Å². The number of anilines is 1. The maximum atomic E-state index is 13.4. The molecule has 1 aliphatic rings. The van der Waals surface area contributed by atoms with Gasteiger partial charge in [-0.1, -0.05) is 17.4 Å². The van der Waals surface area contributed by atoms with Crippen LogP contribution < -0.4 is 14.8 Å². The van der Waals surface area contributed by atoms with Crippen molar-refractivity contribution < 1.29 is 27.1 Å². The van der Waals surface area contributed by atoms with E-state index in [4.69, 9.17) is 9.47 Å². The third-order valence-corrected chi connectivity index (χ3v) is 8.10. The molecule has 33 heavy (non-hydrogen) atoms. The summed E-state index contributed by atoms with van der Waals surface area (Å²) in [6.07, 6.45) is 1.19. The van der Waals surface area contributed by atoms with Crippen LogP contribution in [0, 0.1) is 5.82 Å². The highest BCUT2D eigenvalue weighted by Gasteiger charge is 2.38. The summed E-state index contributed by atoms with van der Waals surface area (Å²) in [5, 5.41) is 11.0. The van der Waals surface area contributed by atoms with Crippen LogP contribution in [0.3, 0.4) is 0 Å². The van der Waals surface area contributed by atoms with Crippen molar-refractivity contribution in [1.82, 2.24) is 14.5 Å². The Morgan fingerprint density at radius 2 is 1.94 bits per heavy atom. The Kier molecular flexibility index (Phi) is 6.58. The first-order valence-corrected chi connectivity index (χ1v) is 12.2. The Bertz CT molecular complexity index is 1280. The van der Waals surface area contributed by atoms with Gasteiger partial charge < -0.3 is 14.8 Å². The van der Waals surface area contributed by atoms with Crippen LogP contribution in [0.1, 0.15) is 33.7 Å². The lowest BCUT2D eigenvalue weighted by Crippen LogP contribution is -2.30. The maximum absolute atomic E-state index is 13.4. The Hall–Kier alpha value is -3.09. The highest BCUT2D eigenvalue weighted by molar-refractivity contribution is 7.89. The summed E-state index contributed by atoms with van der Waals surface area (Å²) in [7, 11) is -0.956. The Balaban J connectivity index is 1.56. The fourth-order valence-electron chi connectivity index (χ4n) is 3.60. The van der Waals surface area contributed by atoms with Crippen molar-refractivity contribution in [1.29, 1.82) is 0 Å². The number of rotatable bonds is 7. The zero-order chi connectivity index (χ0) is 23.6. The molecule has 0 aliphatic carbocycles. The molecule has 174 valence electrons. The molecule has 1 atom stereocenters. The number of benzene rings is 2. The van der Waals surface area contributed by atoms with Crippen molar-refractivity contribution in [2.24, 2.45) is 0 Å². The molecule has 1 aliphatic heterocycles. The zero-order valence-corrected chi connectivity index (χ0v) is 19.5. The molecule has 1 fully saturated rings. The van der Waals surface area contributed by atoms with Gasteiger partial charge in [0.05, 0.1) is 25.2 Å². The summed E-state index contributed by atoms with van der Waals surface area (Å²) in [5.74, 6) is -0.293. The van der Waals surface area contributed by atoms with Crippen molar-refractivity contribution in [3.8, 4) is 11.5 Å². The van der Waals surface area contributed by atoms with Crippen LogP contribution in [0.4, 0.5) is 10.1 Å². The number of nitrogens with one attached hydrogen (secondary N) is 1. The van der Waals surface area contributed by atoms with Gasteiger partial charge in [0.15, 0.2) is 11.5 Å². The van der Waals surface area contributed by atoms with Crippen molar-refractivity contribution in [2.75, 3.05) is 26.1 Å². The van der Waals surface area contributed by atoms with Gasteiger partial charge in [0.2, 0.25) is 15.0 Å². The van der Waals surface area contributed by atoms with Gasteiger partial charge in [0.25, 0.3) is 5.91 Å². The second kappa shape index (κ2) is 9.41. The lowest BCUT2D eigenvalue weighted by atomic mass is 10.2. The molecule has 0 saturated carbocycles. The number of halogens is 1. The molecule has 3 aromatic rings. The molecule has 0 spiro atoms. The molecule has 1 saturated heterocycles. The molecule has 9 nitrogen and oxygen atoms in total. The van der Waals surface area contributed by atoms with E-state index in [1.165, 1.54) is 54.9 Å². The molecule has 1 N–H and O–H groups in total. The van der Waals surface area contributed by atoms with E-state index in [9.17, 15) is 17.6 Å². The molecule has 1 unspecified atom stereocenters. The zero-order valence-electron chi connectivity index (χ0n) is 17.8. The molecule has 2 aromatic carbocycles. The van der Waals surface area contributed by atoms with Crippen LogP contribution in [0.15, 0.2) is 47.4 Å². The summed E-state index contributed by atoms with van der Waals surface area (Å²) >= 11 is 1.01. The Morgan fingerprint density at radius 1 is 1.15 bits per heavy atom. The van der Waals surface area contributed by atoms with Gasteiger partial charge in [-0.3, -0.25) is 4.79 Å². The number of carbonyl (C=O) groups is 1. The van der Waals surface area contributed by atoms with Gasteiger partial charge in [-0.15, -0.1) is 10.2 Å². The van der Waals surface area contributed by atoms with Gasteiger partial charge >= 0.3 is 0 Å². The van der Waals surface area contributed by atoms with Gasteiger partial charge in [0, 0.05) is 18.3 Å². The normalized spacial score (nSPS) is 16.5. The monoisotopic (exact) mass is 492 g/mol. The highest BCUT2D eigenvalue weighted by Crippen LogP contribution is 2.39. The number of hydrogen-bond acceptors (Lipinski definition) is 8. The van der Waals surface area contributed by atoms with Crippen molar-refractivity contribution in [2.45, 2.75) is 23.8 Å². The van der Waals surface area contributed by atoms with Crippen LogP contribution in [0.2, 0.25) is 0 Å². The minimum atomic E-state index is -3.86. The minimum Gasteiger partial charge on any atom is -0.493 e. The first-order chi connectivity index (χ1) is 15.8. The lowest BCUT2D eigenvalue weighted by molar-refractivity contribution is 0.102. The molecule has 0 radical (unpaired) electrons. The van der Waals surface area contributed by atoms with E-state index in [2.05, 4.69) is 15.5 Å². The highest BCUT2D eigenvalue weighted by atomic mass is 32.2. The van der Waals surface area contributed by atoms with Crippen molar-refractivity contribution in [3.05, 3.63) is 58.3 Å². The molecule has 1 aromatic heterocycles. The quantitative estimate of drug-likeness (QED) is 0.538. The number of nitrogens with zero attached hydrogens (tertiary/aromatic N) is 3. The predicted molar refractivity (Wildman–Crippen MR) is 120 cm³/mol. The summed E-state index contributed by atoms with van der Waals surface area (Å²) in [4.78, 5) is 12.6. The number of methoxy groups -OCH3 is 2. The standard InChI is InChI=1S/C21H21FN4O5S2/c1-30-17-9-8-15(12-18(17)31-2)33(28,29)26-10-4-7-16(26)20-24-25-21(32-20)19(27)23-14-6-3-5-13(22)11-14/h3,5-6,8-9,11-12,16H,4,7,10H2,1-2H3,(H,23,27). The fraction of sp³-hybridized carbons (Fsp3) is 0.286. The van der Waals surface area contributed by atoms with E-state index in [1.807, 2.05) is 0 Å². The lowest BCUT2D eigenvalue weighted by Gasteiger charge is -2.22. The second-order valence-electron chi connectivity index (χ2n) is 7.20. The average molecular weight is 493 g/mol. The maximum Gasteiger partial charge on any atom is 0.286 e. The number of sulfonamides is 1. The Morgan fingerprint density at radius 3 is 2.67 bits per heavy atom. The van der Waals surface area contributed by atoms with Crippen molar-refractivity contribution >= 4 is 33.0 Å². The third kappa shape index (κ3) is 4.68. The third-order valence-electron chi connectivity index (χ3n) is 5.17. The first-order valence-electron chi connectivity index (χ1n) is 9.97. The van der Waals surface area contributed by atoms with Gasteiger partial charge in [-0.25, -0.2) is 12.8 Å². The molecule has 12 heteroatoms. The number of ether oxygens (including phenoxy) is 2. The van der Waals surface area contributed by atoms with Crippen LogP contribution in [-0.2, 0) is 10.0 Å². The SMILES string of the molecule is COc1ccc(S(=O)(=O)N2CCCC2c2nnc(C(=O)Nc3cccc(F)c3)s2)cc1OC. The largest absolute Gasteiger partial charge is 0.493 e. The van der Waals surface area contributed by atoms with Crippen molar-refractivity contribution in [3.63, 3.8) is 0 Å². The van der Waals surface area contributed by atoms with Crippen LogP contribution in [-0.4, -0.2) is 49.6 Å². The summed E-state index contributed by atoms with van der Waals surface area (Å²) < 4.78 is 51.9. The predicted octanol–water partition coefficient (Wildman–Crippen LogP) is 3.47. The molecule has 1 amide bonds. The van der Waals surface area contributed by atoms with E-state index in [0.717, 1.165) is 11.3 Å². The van der Waals surface area contributed by atoms with Gasteiger partial charge in [-0.05, 0) is 43.2 Å². The minimum absolute atomic E-state index is 0.0598. The second-order valence-corrected chi connectivity index (χ2v) is 10.1. The number of amides is 1. The summed E-state index contributed by atoms with van der Waals surface area (Å²) in [5.41, 5.74) is 0.287. The summed E-state index contributed by atoms with van der Waals surface area (Å²) in [6, 6.07) is 9.36. The van der Waals surface area contributed by atoms with Crippen LogP contribution in [0.25, 0.3) is 0 Å². The van der Waals surface area contributed by atoms with E-state index in [-0.39, 0.29) is 15.6 Å². The first kappa shape index (κ1) is 23.1. The van der Waals surface area contributed by atoms with Crippen LogP contribution in [0.5, 0.6) is 11.5 Å². The van der Waals surface area contributed by atoms with E-state index < -0.39 is 27.8 Å². The topological polar surface area (TPSA) is 111 Å². The molecule has 4 rings (SSSR count). The van der Waals surface area contributed by atoms with E-state index >= 15 is 0 Å². The molecular weight excluding hydrogens is 471 g/mol. The molecule has 0 bridgehead atoms. The van der Waals surface area contributed by atoms with E-state index in [1.54, 1.807) is 6.07 Å². The number of aromatic nitrogens is 2. The summed E-state index contributed by atoms with van der Waals surface area (Å²) in [6.45, 7) is 0.311. The average Bonchev–Trinajstić information content (AvgIpc) is 3.48. The van der Waals surface area contributed by atoms with E-state index in [0.29, 0.717) is 35.9 Å². The molecular formula is C21H21FN4O5S2. The molecule has 2 heterocycles. The van der Waals surface area contributed by atoms with Crippen LogP contribution >= 0.6 is 11.3 Å². The smallest absolute Gasteiger partial charge is 0.286 e. The number of hydrogen-bond donors (Lipinski definition) is 1. The fourth-order valence-corrected chi connectivity index (χ4v) is 6.23.